The molecule has 8 nitrogen and oxygen atoms in total. The van der Waals surface area contributed by atoms with Gasteiger partial charge in [-0.3, -0.25) is 14.3 Å². The molecular formula is C28H25ClF2N4O4. The summed E-state index contributed by atoms with van der Waals surface area (Å²) < 4.78 is 41.5. The van der Waals surface area contributed by atoms with Gasteiger partial charge in [0.15, 0.2) is 11.6 Å². The molecule has 0 aliphatic carbocycles. The van der Waals surface area contributed by atoms with Crippen molar-refractivity contribution in [2.75, 3.05) is 20.3 Å². The Bertz CT molecular complexity index is 1570. The van der Waals surface area contributed by atoms with E-state index in [0.29, 0.717) is 31.0 Å². The molecule has 4 aromatic rings. The summed E-state index contributed by atoms with van der Waals surface area (Å²) in [5.74, 6) is -1.49. The van der Waals surface area contributed by atoms with E-state index in [4.69, 9.17) is 21.1 Å². The number of hydrogen-bond acceptors (Lipinski definition) is 5. The molecule has 0 atom stereocenters. The lowest BCUT2D eigenvalue weighted by molar-refractivity contribution is 0.00620. The number of halogens is 3. The van der Waals surface area contributed by atoms with Crippen molar-refractivity contribution in [1.29, 1.82) is 0 Å². The molecule has 3 heterocycles. The minimum Gasteiger partial charge on any atom is -0.494 e. The molecule has 0 spiro atoms. The topological polar surface area (TPSA) is 87.4 Å². The Balaban J connectivity index is 1.30. The summed E-state index contributed by atoms with van der Waals surface area (Å²) in [7, 11) is 1.36. The smallest absolute Gasteiger partial charge is 0.255 e. The van der Waals surface area contributed by atoms with Gasteiger partial charge >= 0.3 is 0 Å². The molecule has 1 N–H and O–H groups in total. The number of carbonyl (C=O) groups excluding carboxylic acids is 1. The van der Waals surface area contributed by atoms with Crippen LogP contribution in [0.1, 0.15) is 38.7 Å². The van der Waals surface area contributed by atoms with E-state index in [2.05, 4.69) is 10.4 Å². The van der Waals surface area contributed by atoms with E-state index in [9.17, 15) is 18.4 Å². The van der Waals surface area contributed by atoms with Crippen LogP contribution in [0.2, 0.25) is 5.02 Å². The van der Waals surface area contributed by atoms with E-state index in [1.165, 1.54) is 36.1 Å². The molecule has 0 bridgehead atoms. The van der Waals surface area contributed by atoms with Gasteiger partial charge in [-0.15, -0.1) is 0 Å². The minimum atomic E-state index is -0.626. The fourth-order valence-corrected chi connectivity index (χ4v) is 4.52. The van der Waals surface area contributed by atoms with Gasteiger partial charge in [-0.2, -0.15) is 5.10 Å². The van der Waals surface area contributed by atoms with Crippen molar-refractivity contribution in [3.05, 3.63) is 116 Å². The number of pyridine rings is 1. The predicted octanol–water partition coefficient (Wildman–Crippen LogP) is 4.13. The van der Waals surface area contributed by atoms with Crippen LogP contribution < -0.4 is 15.6 Å². The van der Waals surface area contributed by atoms with Gasteiger partial charge in [0.1, 0.15) is 5.82 Å². The van der Waals surface area contributed by atoms with Gasteiger partial charge < -0.3 is 19.4 Å². The van der Waals surface area contributed by atoms with Crippen LogP contribution in [-0.4, -0.2) is 40.6 Å². The Labute approximate surface area is 227 Å². The highest BCUT2D eigenvalue weighted by molar-refractivity contribution is 6.31. The number of carbonyl (C=O) groups is 1. The molecular weight excluding hydrogens is 530 g/mol. The van der Waals surface area contributed by atoms with Gasteiger partial charge in [0.2, 0.25) is 0 Å². The van der Waals surface area contributed by atoms with Crippen molar-refractivity contribution in [2.24, 2.45) is 0 Å². The van der Waals surface area contributed by atoms with Gasteiger partial charge in [-0.25, -0.2) is 8.78 Å². The van der Waals surface area contributed by atoms with Crippen LogP contribution >= 0.6 is 11.6 Å². The molecule has 1 saturated heterocycles. The number of nitrogens with one attached hydrogen (secondary N) is 1. The lowest BCUT2D eigenvalue weighted by Gasteiger charge is -2.25. The fourth-order valence-electron chi connectivity index (χ4n) is 4.31. The predicted molar refractivity (Wildman–Crippen MR) is 140 cm³/mol. The van der Waals surface area contributed by atoms with E-state index in [1.807, 2.05) is 24.3 Å². The Morgan fingerprint density at radius 1 is 1.08 bits per heavy atom. The second-order valence-corrected chi connectivity index (χ2v) is 9.62. The van der Waals surface area contributed by atoms with Crippen LogP contribution in [-0.2, 0) is 24.4 Å². The average molecular weight is 555 g/mol. The zero-order valence-corrected chi connectivity index (χ0v) is 21.8. The summed E-state index contributed by atoms with van der Waals surface area (Å²) in [6.07, 6.45) is 2.83. The lowest BCUT2D eigenvalue weighted by atomic mass is 10.00. The van der Waals surface area contributed by atoms with Crippen molar-refractivity contribution in [3.8, 4) is 5.75 Å². The molecule has 1 aliphatic rings. The molecule has 39 heavy (non-hydrogen) atoms. The highest BCUT2D eigenvalue weighted by Crippen LogP contribution is 2.28. The molecule has 202 valence electrons. The van der Waals surface area contributed by atoms with Crippen LogP contribution in [0.25, 0.3) is 0 Å². The summed E-state index contributed by atoms with van der Waals surface area (Å²) in [6, 6.07) is 12.8. The zero-order chi connectivity index (χ0) is 27.5. The van der Waals surface area contributed by atoms with Crippen molar-refractivity contribution >= 4 is 17.5 Å². The summed E-state index contributed by atoms with van der Waals surface area (Å²) in [5, 5.41) is 7.57. The first kappa shape index (κ1) is 26.6. The van der Waals surface area contributed by atoms with E-state index >= 15 is 0 Å². The van der Waals surface area contributed by atoms with Gasteiger partial charge in [0.25, 0.3) is 11.5 Å². The zero-order valence-electron chi connectivity index (χ0n) is 21.0. The number of rotatable bonds is 9. The number of nitrogens with zero attached hydrogens (tertiary/aromatic N) is 3. The number of methoxy groups -OCH3 is 1. The maximum Gasteiger partial charge on any atom is 0.255 e. The third kappa shape index (κ3) is 5.86. The summed E-state index contributed by atoms with van der Waals surface area (Å²) in [4.78, 5) is 25.1. The Kier molecular flexibility index (Phi) is 7.76. The molecule has 0 unspecified atom stereocenters. The van der Waals surface area contributed by atoms with Crippen molar-refractivity contribution in [2.45, 2.75) is 25.6 Å². The molecule has 1 amide bonds. The van der Waals surface area contributed by atoms with Gasteiger partial charge in [0.05, 0.1) is 50.6 Å². The number of benzene rings is 2. The van der Waals surface area contributed by atoms with Crippen molar-refractivity contribution < 1.29 is 23.0 Å². The minimum absolute atomic E-state index is 0.0175. The number of ether oxygens (including phenoxy) is 2. The molecule has 2 aromatic heterocycles. The van der Waals surface area contributed by atoms with Crippen LogP contribution in [0.5, 0.6) is 5.75 Å². The molecule has 2 aromatic carbocycles. The average Bonchev–Trinajstić information content (AvgIpc) is 3.29. The van der Waals surface area contributed by atoms with Crippen LogP contribution in [0, 0.1) is 11.6 Å². The quantitative estimate of drug-likeness (QED) is 0.336. The third-order valence-corrected chi connectivity index (χ3v) is 6.88. The Morgan fingerprint density at radius 2 is 1.79 bits per heavy atom. The SMILES string of the molecule is COc1ccc(Cl)c(CNC(=O)c2cn(Cc3ccc(Cn4cc(F)ccc4=O)cc3)nc2C2COC2)c1F. The molecule has 0 saturated carbocycles. The van der Waals surface area contributed by atoms with E-state index in [0.717, 1.165) is 17.2 Å². The van der Waals surface area contributed by atoms with Crippen molar-refractivity contribution in [3.63, 3.8) is 0 Å². The van der Waals surface area contributed by atoms with E-state index < -0.39 is 17.5 Å². The summed E-state index contributed by atoms with van der Waals surface area (Å²) in [6.45, 7) is 1.43. The molecule has 1 aliphatic heterocycles. The molecule has 11 heteroatoms. The Morgan fingerprint density at radius 3 is 2.46 bits per heavy atom. The van der Waals surface area contributed by atoms with Crippen LogP contribution in [0.4, 0.5) is 8.78 Å². The van der Waals surface area contributed by atoms with Gasteiger partial charge in [0, 0.05) is 35.6 Å². The number of hydrogen-bond donors (Lipinski definition) is 1. The molecule has 5 rings (SSSR count). The monoisotopic (exact) mass is 554 g/mol. The summed E-state index contributed by atoms with van der Waals surface area (Å²) in [5.41, 5.74) is 2.59. The van der Waals surface area contributed by atoms with Gasteiger partial charge in [-0.1, -0.05) is 35.9 Å². The Hall–Kier alpha value is -4.02. The van der Waals surface area contributed by atoms with E-state index in [1.54, 1.807) is 10.9 Å². The summed E-state index contributed by atoms with van der Waals surface area (Å²) >= 11 is 6.15. The van der Waals surface area contributed by atoms with Crippen LogP contribution in [0.3, 0.4) is 0 Å². The normalized spacial score (nSPS) is 13.2. The first-order valence-corrected chi connectivity index (χ1v) is 12.6. The maximum absolute atomic E-state index is 14.7. The number of amides is 1. The van der Waals surface area contributed by atoms with E-state index in [-0.39, 0.29) is 40.9 Å². The molecule has 0 radical (unpaired) electrons. The number of aromatic nitrogens is 3. The van der Waals surface area contributed by atoms with Gasteiger partial charge in [-0.05, 0) is 29.3 Å². The third-order valence-electron chi connectivity index (χ3n) is 6.52. The second-order valence-electron chi connectivity index (χ2n) is 9.21. The molecule has 1 fully saturated rings. The fraction of sp³-hybridized carbons (Fsp3) is 0.250. The maximum atomic E-state index is 14.7. The lowest BCUT2D eigenvalue weighted by Crippen LogP contribution is -2.30. The highest BCUT2D eigenvalue weighted by atomic mass is 35.5. The van der Waals surface area contributed by atoms with Crippen LogP contribution in [0.15, 0.2) is 65.7 Å². The highest BCUT2D eigenvalue weighted by Gasteiger charge is 2.29. The standard InChI is InChI=1S/C28H25ClF2N4O4/c1-38-24-8-7-23(29)21(26(24)31)10-32-28(37)22-14-35(33-27(22)19-15-39-16-19)12-18-4-2-17(3-5-18)11-34-13-20(30)6-9-25(34)36/h2-9,13-14,19H,10-12,15-16H2,1H3,(H,32,37). The largest absolute Gasteiger partial charge is 0.494 e. The van der Waals surface area contributed by atoms with Crippen molar-refractivity contribution in [1.82, 2.24) is 19.7 Å². The second kappa shape index (κ2) is 11.4. The first-order chi connectivity index (χ1) is 18.8. The first-order valence-electron chi connectivity index (χ1n) is 12.2.